The molecule has 348 valence electrons. The Labute approximate surface area is 377 Å². The number of aryl methyl sites for hydroxylation is 1. The quantitative estimate of drug-likeness (QED) is 0.0467. The first-order valence-electron chi connectivity index (χ1n) is 22.2. The molecule has 4 rings (SSSR count). The third kappa shape index (κ3) is 17.2. The Hall–Kier alpha value is -5.63. The van der Waals surface area contributed by atoms with Gasteiger partial charge in [-0.1, -0.05) is 94.3 Å². The number of morpholine rings is 1. The number of terminal acetylenes is 1. The molecule has 64 heavy (non-hydrogen) atoms. The molecule has 2 aromatic carbocycles. The summed E-state index contributed by atoms with van der Waals surface area (Å²) in [4.78, 5) is 99.3. The summed E-state index contributed by atoms with van der Waals surface area (Å²) >= 11 is 0. The Bertz CT molecular complexity index is 1910. The zero-order valence-electron chi connectivity index (χ0n) is 37.9. The van der Waals surface area contributed by atoms with E-state index in [9.17, 15) is 33.6 Å². The first-order chi connectivity index (χ1) is 30.6. The van der Waals surface area contributed by atoms with Crippen LogP contribution in [0.4, 0.5) is 0 Å². The maximum Gasteiger partial charge on any atom is 0.308 e. The number of benzene rings is 2. The van der Waals surface area contributed by atoms with Crippen LogP contribution in [0.2, 0.25) is 0 Å². The molecule has 16 heteroatoms. The maximum atomic E-state index is 14.7. The molecule has 2 aliphatic heterocycles. The highest BCUT2D eigenvalue weighted by Crippen LogP contribution is 2.30. The number of rotatable bonds is 26. The van der Waals surface area contributed by atoms with E-state index in [1.54, 1.807) is 6.92 Å². The molecule has 0 aromatic heterocycles. The van der Waals surface area contributed by atoms with E-state index < -0.39 is 72.0 Å². The second-order valence-corrected chi connectivity index (χ2v) is 17.4. The third-order valence-electron chi connectivity index (χ3n) is 11.0. The van der Waals surface area contributed by atoms with Crippen LogP contribution in [0.15, 0.2) is 60.7 Å². The van der Waals surface area contributed by atoms with Crippen molar-refractivity contribution >= 4 is 41.3 Å². The minimum Gasteiger partial charge on any atom is -0.444 e. The first kappa shape index (κ1) is 51.0. The summed E-state index contributed by atoms with van der Waals surface area (Å²) in [6.45, 7) is 10.7. The largest absolute Gasteiger partial charge is 0.444 e. The molecule has 2 fully saturated rings. The van der Waals surface area contributed by atoms with Gasteiger partial charge in [-0.3, -0.25) is 43.4 Å². The average Bonchev–Trinajstić information content (AvgIpc) is 4.03. The van der Waals surface area contributed by atoms with Crippen LogP contribution in [0.3, 0.4) is 0 Å². The zero-order chi connectivity index (χ0) is 46.6. The van der Waals surface area contributed by atoms with Crippen molar-refractivity contribution in [2.75, 3.05) is 52.7 Å². The second kappa shape index (κ2) is 25.6. The van der Waals surface area contributed by atoms with Gasteiger partial charge in [-0.2, -0.15) is 0 Å². The summed E-state index contributed by atoms with van der Waals surface area (Å²) in [5, 5.41) is 11.2. The molecule has 5 amide bonds. The van der Waals surface area contributed by atoms with Gasteiger partial charge in [0.25, 0.3) is 0 Å². The number of hydrogen-bond acceptors (Lipinski definition) is 11. The molecule has 4 N–H and O–H groups in total. The molecule has 0 unspecified atom stereocenters. The molecule has 0 bridgehead atoms. The summed E-state index contributed by atoms with van der Waals surface area (Å²) in [5.41, 5.74) is 0.664. The van der Waals surface area contributed by atoms with Gasteiger partial charge in [0.15, 0.2) is 12.5 Å². The van der Waals surface area contributed by atoms with Gasteiger partial charge in [0.2, 0.25) is 29.5 Å². The fraction of sp³-hybridized carbons (Fsp3) is 0.562. The van der Waals surface area contributed by atoms with E-state index in [0.717, 1.165) is 11.1 Å². The SMILES string of the molecule is C#CCNC(=O)CCC(=O)OCN(C(=O)CN1CCOCC1)[C@@H](CCc1ccccc1)C(=O)N[C@@H](CC(C)C)C(=O)N[C@@H](Cc1ccccc1)C(=O)N[C@@H](CC(C)C)C(=O)[C@]1(C)CO1. The van der Waals surface area contributed by atoms with Crippen molar-refractivity contribution in [2.24, 2.45) is 11.8 Å². The highest BCUT2D eigenvalue weighted by molar-refractivity contribution is 5.99. The molecule has 2 saturated heterocycles. The van der Waals surface area contributed by atoms with E-state index in [0.29, 0.717) is 39.1 Å². The van der Waals surface area contributed by atoms with Crippen molar-refractivity contribution in [3.8, 4) is 12.3 Å². The summed E-state index contributed by atoms with van der Waals surface area (Å²) < 4.78 is 16.5. The number of ether oxygens (including phenoxy) is 3. The lowest BCUT2D eigenvalue weighted by Gasteiger charge is -2.34. The van der Waals surface area contributed by atoms with Crippen molar-refractivity contribution in [3.05, 3.63) is 71.8 Å². The fourth-order valence-corrected chi connectivity index (χ4v) is 7.32. The van der Waals surface area contributed by atoms with Gasteiger partial charge in [-0.05, 0) is 55.6 Å². The number of esters is 1. The summed E-state index contributed by atoms with van der Waals surface area (Å²) in [6, 6.07) is 14.1. The summed E-state index contributed by atoms with van der Waals surface area (Å²) in [5.74, 6) is -1.55. The van der Waals surface area contributed by atoms with Crippen LogP contribution in [0.5, 0.6) is 0 Å². The van der Waals surface area contributed by atoms with Crippen molar-refractivity contribution in [3.63, 3.8) is 0 Å². The Morgan fingerprint density at radius 1 is 0.797 bits per heavy atom. The minimum atomic E-state index is -1.22. The lowest BCUT2D eigenvalue weighted by atomic mass is 9.93. The predicted molar refractivity (Wildman–Crippen MR) is 239 cm³/mol. The van der Waals surface area contributed by atoms with E-state index >= 15 is 0 Å². The third-order valence-corrected chi connectivity index (χ3v) is 11.0. The molecule has 0 saturated carbocycles. The van der Waals surface area contributed by atoms with Gasteiger partial charge in [0.1, 0.15) is 23.7 Å². The molecule has 2 aromatic rings. The number of epoxide rings is 1. The molecule has 5 atom stereocenters. The maximum absolute atomic E-state index is 14.7. The average molecular weight is 887 g/mol. The molecule has 0 spiro atoms. The van der Waals surface area contributed by atoms with Crippen molar-refractivity contribution in [2.45, 2.75) is 109 Å². The number of carbonyl (C=O) groups is 7. The highest BCUT2D eigenvalue weighted by atomic mass is 16.6. The van der Waals surface area contributed by atoms with Crippen molar-refractivity contribution in [1.82, 2.24) is 31.1 Å². The molecular weight excluding hydrogens is 821 g/mol. The van der Waals surface area contributed by atoms with Crippen LogP contribution in [0.1, 0.15) is 77.8 Å². The standard InChI is InChI=1S/C48H66N6O10/c1-7-22-49-41(55)20-21-43(57)63-32-54(42(56)30-53-23-25-62-26-24-53)40(19-18-35-14-10-8-11-15-35)47(61)52-38(28-34(4)5)45(59)51-39(29-36-16-12-9-13-17-36)46(60)50-37(27-33(2)3)44(58)48(6)31-64-48/h1,8-17,33-34,37-40H,18-32H2,2-6H3,(H,49,55)(H,50,60)(H,51,59)(H,52,61)/t37-,38-,39-,40-,48-/m0/s1. The molecule has 2 heterocycles. The van der Waals surface area contributed by atoms with Crippen molar-refractivity contribution < 1.29 is 47.8 Å². The fourth-order valence-electron chi connectivity index (χ4n) is 7.32. The van der Waals surface area contributed by atoms with Gasteiger partial charge >= 0.3 is 5.97 Å². The lowest BCUT2D eigenvalue weighted by Crippen LogP contribution is -2.60. The first-order valence-corrected chi connectivity index (χ1v) is 22.2. The number of nitrogens with one attached hydrogen (secondary N) is 4. The molecule has 2 aliphatic rings. The van der Waals surface area contributed by atoms with E-state index in [1.165, 1.54) is 4.90 Å². The van der Waals surface area contributed by atoms with Crippen LogP contribution in [0, 0.1) is 24.2 Å². The monoisotopic (exact) mass is 886 g/mol. The molecular formula is C48H66N6O10. The van der Waals surface area contributed by atoms with Gasteiger partial charge in [-0.25, -0.2) is 0 Å². The number of carbonyl (C=O) groups excluding carboxylic acids is 7. The van der Waals surface area contributed by atoms with E-state index in [-0.39, 0.29) is 69.4 Å². The van der Waals surface area contributed by atoms with E-state index in [4.69, 9.17) is 20.6 Å². The number of amides is 5. The normalized spacial score (nSPS) is 17.8. The Morgan fingerprint density at radius 3 is 1.95 bits per heavy atom. The van der Waals surface area contributed by atoms with Crippen LogP contribution in [-0.4, -0.2) is 134 Å². The topological polar surface area (TPSA) is 205 Å². The predicted octanol–water partition coefficient (Wildman–Crippen LogP) is 2.33. The minimum absolute atomic E-state index is 0.00173. The zero-order valence-corrected chi connectivity index (χ0v) is 37.9. The number of nitrogens with zero attached hydrogens (tertiary/aromatic N) is 2. The summed E-state index contributed by atoms with van der Waals surface area (Å²) in [7, 11) is 0. The second-order valence-electron chi connectivity index (χ2n) is 17.4. The Kier molecular flexibility index (Phi) is 20.4. The van der Waals surface area contributed by atoms with Crippen LogP contribution in [0.25, 0.3) is 0 Å². The highest BCUT2D eigenvalue weighted by Gasteiger charge is 2.50. The molecule has 0 aliphatic carbocycles. The van der Waals surface area contributed by atoms with E-state index in [1.807, 2.05) is 93.3 Å². The Balaban J connectivity index is 1.62. The van der Waals surface area contributed by atoms with Gasteiger partial charge < -0.3 is 35.5 Å². The lowest BCUT2D eigenvalue weighted by molar-refractivity contribution is -0.160. The van der Waals surface area contributed by atoms with Crippen LogP contribution in [-0.2, 0) is 60.6 Å². The van der Waals surface area contributed by atoms with Crippen LogP contribution >= 0.6 is 0 Å². The molecule has 16 nitrogen and oxygen atoms in total. The number of ketones is 1. The van der Waals surface area contributed by atoms with Crippen molar-refractivity contribution in [1.29, 1.82) is 0 Å². The van der Waals surface area contributed by atoms with Crippen LogP contribution < -0.4 is 21.3 Å². The number of Topliss-reactive ketones (excluding diaryl/α,β-unsaturated/α-hetero) is 1. The van der Waals surface area contributed by atoms with Gasteiger partial charge in [0, 0.05) is 25.9 Å². The van der Waals surface area contributed by atoms with Gasteiger partial charge in [0.05, 0.1) is 45.4 Å². The summed E-state index contributed by atoms with van der Waals surface area (Å²) in [6.07, 6.45) is 5.81. The molecule has 0 radical (unpaired) electrons. The van der Waals surface area contributed by atoms with E-state index in [2.05, 4.69) is 27.2 Å². The Morgan fingerprint density at radius 2 is 1.36 bits per heavy atom. The number of hydrogen-bond donors (Lipinski definition) is 4. The smallest absolute Gasteiger partial charge is 0.308 e. The van der Waals surface area contributed by atoms with Gasteiger partial charge in [-0.15, -0.1) is 6.42 Å².